The van der Waals surface area contributed by atoms with Gasteiger partial charge in [-0.15, -0.1) is 0 Å². The first kappa shape index (κ1) is 14.6. The summed E-state index contributed by atoms with van der Waals surface area (Å²) in [6, 6.07) is 0. The third-order valence-electron chi connectivity index (χ3n) is 2.42. The first-order valence-corrected chi connectivity index (χ1v) is 5.06. The molecule has 92 valence electrons. The fourth-order valence-corrected chi connectivity index (χ4v) is 1.40. The van der Waals surface area contributed by atoms with E-state index in [0.717, 1.165) is 0 Å². The molecule has 16 heavy (non-hydrogen) atoms. The van der Waals surface area contributed by atoms with Gasteiger partial charge < -0.3 is 9.47 Å². The van der Waals surface area contributed by atoms with Gasteiger partial charge in [0, 0.05) is 12.8 Å². The minimum Gasteiger partial charge on any atom is -0.469 e. The number of Topliss-reactive ketones (excluding diaryl/α,β-unsaturated/α-hetero) is 1. The zero-order chi connectivity index (χ0) is 12.8. The van der Waals surface area contributed by atoms with Crippen molar-refractivity contribution in [1.82, 2.24) is 0 Å². The van der Waals surface area contributed by atoms with E-state index in [-0.39, 0.29) is 18.6 Å². The van der Waals surface area contributed by atoms with E-state index in [1.54, 1.807) is 6.92 Å². The highest BCUT2D eigenvalue weighted by Gasteiger charge is 2.38. The van der Waals surface area contributed by atoms with Gasteiger partial charge in [-0.25, -0.2) is 0 Å². The van der Waals surface area contributed by atoms with Crippen LogP contribution in [-0.2, 0) is 23.9 Å². The quantitative estimate of drug-likeness (QED) is 0.639. The highest BCUT2D eigenvalue weighted by molar-refractivity contribution is 5.89. The molecule has 5 heteroatoms. The van der Waals surface area contributed by atoms with Crippen LogP contribution in [0, 0.1) is 5.41 Å². The number of hydrogen-bond donors (Lipinski definition) is 0. The Morgan fingerprint density at radius 1 is 1.06 bits per heavy atom. The number of esters is 2. The minimum absolute atomic E-state index is 0.00866. The summed E-state index contributed by atoms with van der Waals surface area (Å²) < 4.78 is 9.10. The number of rotatable bonds is 6. The average molecular weight is 230 g/mol. The smallest absolute Gasteiger partial charge is 0.312 e. The van der Waals surface area contributed by atoms with E-state index in [2.05, 4.69) is 9.47 Å². The molecule has 0 fully saturated rings. The lowest BCUT2D eigenvalue weighted by Crippen LogP contribution is -2.34. The second-order valence-electron chi connectivity index (χ2n) is 3.87. The lowest BCUT2D eigenvalue weighted by atomic mass is 9.81. The van der Waals surface area contributed by atoms with Gasteiger partial charge in [0.25, 0.3) is 0 Å². The summed E-state index contributed by atoms with van der Waals surface area (Å²) in [7, 11) is 2.47. The second-order valence-corrected chi connectivity index (χ2v) is 3.87. The normalized spacial score (nSPS) is 13.8. The molecule has 0 spiro atoms. The van der Waals surface area contributed by atoms with E-state index in [1.165, 1.54) is 21.1 Å². The molecule has 0 amide bonds. The Morgan fingerprint density at radius 3 is 2.00 bits per heavy atom. The maximum Gasteiger partial charge on any atom is 0.312 e. The predicted octanol–water partition coefficient (Wildman–Crippen LogP) is 1.10. The van der Waals surface area contributed by atoms with Crippen LogP contribution >= 0.6 is 0 Å². The molecule has 0 aromatic heterocycles. The van der Waals surface area contributed by atoms with Crippen LogP contribution < -0.4 is 0 Å². The average Bonchev–Trinajstić information content (AvgIpc) is 2.27. The second kappa shape index (κ2) is 6.25. The van der Waals surface area contributed by atoms with Gasteiger partial charge in [0.2, 0.25) is 0 Å². The van der Waals surface area contributed by atoms with Gasteiger partial charge in [0.15, 0.2) is 0 Å². The molecule has 0 aromatic carbocycles. The van der Waals surface area contributed by atoms with E-state index >= 15 is 0 Å². The molecule has 0 saturated carbocycles. The van der Waals surface area contributed by atoms with Crippen LogP contribution in [0.1, 0.15) is 33.1 Å². The molecule has 0 aliphatic heterocycles. The molecule has 0 rings (SSSR count). The van der Waals surface area contributed by atoms with Gasteiger partial charge in [-0.1, -0.05) is 6.92 Å². The van der Waals surface area contributed by atoms with Gasteiger partial charge in [-0.05, 0) is 6.92 Å². The number of ketones is 1. The minimum atomic E-state index is -1.13. The van der Waals surface area contributed by atoms with Gasteiger partial charge in [0.05, 0.1) is 26.1 Å². The Morgan fingerprint density at radius 2 is 1.62 bits per heavy atom. The summed E-state index contributed by atoms with van der Waals surface area (Å²) >= 11 is 0. The third-order valence-corrected chi connectivity index (χ3v) is 2.42. The molecule has 0 aliphatic rings. The molecule has 1 unspecified atom stereocenters. The van der Waals surface area contributed by atoms with E-state index in [4.69, 9.17) is 0 Å². The molecule has 0 saturated heterocycles. The number of carbonyl (C=O) groups is 3. The Labute approximate surface area is 95.1 Å². The Bertz CT molecular complexity index is 264. The van der Waals surface area contributed by atoms with Crippen molar-refractivity contribution in [1.29, 1.82) is 0 Å². The molecular weight excluding hydrogens is 212 g/mol. The topological polar surface area (TPSA) is 69.7 Å². The largest absolute Gasteiger partial charge is 0.469 e. The number of methoxy groups -OCH3 is 2. The van der Waals surface area contributed by atoms with Crippen molar-refractivity contribution >= 4 is 17.7 Å². The van der Waals surface area contributed by atoms with Crippen LogP contribution in [0.2, 0.25) is 0 Å². The summed E-state index contributed by atoms with van der Waals surface area (Å²) in [4.78, 5) is 34.1. The lowest BCUT2D eigenvalue weighted by Gasteiger charge is -2.24. The standard InChI is InChI=1S/C11H18O5/c1-5-8(12)6-11(2,10(14)16-4)7-9(13)15-3/h5-7H2,1-4H3. The van der Waals surface area contributed by atoms with Crippen LogP contribution in [-0.4, -0.2) is 31.9 Å². The molecule has 0 bridgehead atoms. The first-order chi connectivity index (χ1) is 7.39. The highest BCUT2D eigenvalue weighted by Crippen LogP contribution is 2.29. The fourth-order valence-electron chi connectivity index (χ4n) is 1.40. The van der Waals surface area contributed by atoms with E-state index in [1.807, 2.05) is 0 Å². The third kappa shape index (κ3) is 4.00. The summed E-state index contributed by atoms with van der Waals surface area (Å²) in [6.45, 7) is 3.24. The Hall–Kier alpha value is -1.39. The van der Waals surface area contributed by atoms with E-state index < -0.39 is 17.4 Å². The van der Waals surface area contributed by atoms with Crippen molar-refractivity contribution in [3.8, 4) is 0 Å². The molecule has 0 heterocycles. The van der Waals surface area contributed by atoms with Crippen molar-refractivity contribution in [3.63, 3.8) is 0 Å². The Balaban J connectivity index is 4.81. The maximum absolute atomic E-state index is 11.6. The summed E-state index contributed by atoms with van der Waals surface area (Å²) in [6.07, 6.45) is 0.168. The zero-order valence-corrected chi connectivity index (χ0v) is 10.2. The zero-order valence-electron chi connectivity index (χ0n) is 10.2. The number of ether oxygens (including phenoxy) is 2. The molecule has 0 radical (unpaired) electrons. The molecule has 0 aromatic rings. The van der Waals surface area contributed by atoms with E-state index in [0.29, 0.717) is 6.42 Å². The summed E-state index contributed by atoms with van der Waals surface area (Å²) in [5, 5.41) is 0. The molecule has 5 nitrogen and oxygen atoms in total. The molecule has 0 aliphatic carbocycles. The number of carbonyl (C=O) groups excluding carboxylic acids is 3. The van der Waals surface area contributed by atoms with Gasteiger partial charge in [0.1, 0.15) is 5.78 Å². The van der Waals surface area contributed by atoms with Crippen molar-refractivity contribution in [2.45, 2.75) is 33.1 Å². The maximum atomic E-state index is 11.6. The van der Waals surface area contributed by atoms with Crippen molar-refractivity contribution in [2.24, 2.45) is 5.41 Å². The first-order valence-electron chi connectivity index (χ1n) is 5.06. The van der Waals surface area contributed by atoms with Crippen molar-refractivity contribution in [3.05, 3.63) is 0 Å². The molecular formula is C11H18O5. The predicted molar refractivity (Wildman–Crippen MR) is 56.7 cm³/mol. The van der Waals surface area contributed by atoms with Crippen molar-refractivity contribution < 1.29 is 23.9 Å². The van der Waals surface area contributed by atoms with Crippen molar-refractivity contribution in [2.75, 3.05) is 14.2 Å². The van der Waals surface area contributed by atoms with Crippen LogP contribution in [0.3, 0.4) is 0 Å². The Kier molecular flexibility index (Phi) is 5.71. The number of hydrogen-bond acceptors (Lipinski definition) is 5. The van der Waals surface area contributed by atoms with Crippen LogP contribution in [0.4, 0.5) is 0 Å². The van der Waals surface area contributed by atoms with Gasteiger partial charge in [-0.3, -0.25) is 14.4 Å². The van der Waals surface area contributed by atoms with Crippen LogP contribution in [0.15, 0.2) is 0 Å². The van der Waals surface area contributed by atoms with Crippen LogP contribution in [0.5, 0.6) is 0 Å². The highest BCUT2D eigenvalue weighted by atomic mass is 16.5. The van der Waals surface area contributed by atoms with E-state index in [9.17, 15) is 14.4 Å². The molecule has 0 N–H and O–H groups in total. The summed E-state index contributed by atoms with van der Waals surface area (Å²) in [5.74, 6) is -1.19. The van der Waals surface area contributed by atoms with Crippen LogP contribution in [0.25, 0.3) is 0 Å². The summed E-state index contributed by atoms with van der Waals surface area (Å²) in [5.41, 5.74) is -1.13. The molecule has 1 atom stereocenters. The lowest BCUT2D eigenvalue weighted by molar-refractivity contribution is -0.160. The van der Waals surface area contributed by atoms with Gasteiger partial charge in [-0.2, -0.15) is 0 Å². The monoisotopic (exact) mass is 230 g/mol. The SMILES string of the molecule is CCC(=O)CC(C)(CC(=O)OC)C(=O)OC. The fraction of sp³-hybridized carbons (Fsp3) is 0.727. The van der Waals surface area contributed by atoms with Gasteiger partial charge >= 0.3 is 11.9 Å².